The van der Waals surface area contributed by atoms with E-state index in [1.165, 1.54) is 16.1 Å². The van der Waals surface area contributed by atoms with Crippen LogP contribution in [0.4, 0.5) is 0 Å². The first kappa shape index (κ1) is 20.6. The van der Waals surface area contributed by atoms with Crippen molar-refractivity contribution in [1.29, 1.82) is 0 Å². The first-order valence-electron chi connectivity index (χ1n) is 9.52. The zero-order valence-corrected chi connectivity index (χ0v) is 17.8. The maximum Gasteiger partial charge on any atom is 0.245 e. The van der Waals surface area contributed by atoms with Gasteiger partial charge in [0.15, 0.2) is 0 Å². The molecule has 1 amide bonds. The number of benzene rings is 2. The zero-order chi connectivity index (χ0) is 21.0. The van der Waals surface area contributed by atoms with Crippen LogP contribution < -0.4 is 0 Å². The summed E-state index contributed by atoms with van der Waals surface area (Å²) >= 11 is 1.35. The quantitative estimate of drug-likeness (QED) is 0.551. The molecule has 0 bridgehead atoms. The number of amides is 1. The fourth-order valence-electron chi connectivity index (χ4n) is 3.47. The predicted octanol–water partition coefficient (Wildman–Crippen LogP) is 3.41. The van der Waals surface area contributed by atoms with Crippen molar-refractivity contribution in [1.82, 2.24) is 14.2 Å². The van der Waals surface area contributed by atoms with Crippen molar-refractivity contribution in [3.05, 3.63) is 90.6 Å². The Labute approximate surface area is 180 Å². The number of hydrogen-bond acceptors (Lipinski definition) is 5. The Balaban J connectivity index is 1.62. The van der Waals surface area contributed by atoms with Crippen LogP contribution in [-0.2, 0) is 14.8 Å². The first-order valence-corrected chi connectivity index (χ1v) is 11.9. The average Bonchev–Trinajstić information content (AvgIpc) is 3.26. The monoisotopic (exact) mass is 439 g/mol. The van der Waals surface area contributed by atoms with Crippen LogP contribution in [0.25, 0.3) is 0 Å². The third kappa shape index (κ3) is 4.26. The second kappa shape index (κ2) is 8.99. The highest BCUT2D eigenvalue weighted by molar-refractivity contribution is 7.99. The number of thioether (sulfide) groups is 1. The molecule has 30 heavy (non-hydrogen) atoms. The molecule has 0 spiro atoms. The minimum Gasteiger partial charge on any atom is -0.320 e. The summed E-state index contributed by atoms with van der Waals surface area (Å²) in [6.07, 6.45) is 1.01. The van der Waals surface area contributed by atoms with Gasteiger partial charge in [-0.1, -0.05) is 66.4 Å². The van der Waals surface area contributed by atoms with Gasteiger partial charge in [0.2, 0.25) is 15.9 Å². The number of hydrogen-bond donors (Lipinski definition) is 0. The van der Waals surface area contributed by atoms with Crippen LogP contribution in [0, 0.1) is 0 Å². The van der Waals surface area contributed by atoms with E-state index in [1.807, 2.05) is 48.5 Å². The second-order valence-corrected chi connectivity index (χ2v) is 9.64. The Morgan fingerprint density at radius 1 is 0.933 bits per heavy atom. The molecule has 1 aliphatic heterocycles. The SMILES string of the molecule is O=C(CSc1ccccn1)N1CCN(S(=O)(=O)c2ccccc2)C1c1ccccc1. The van der Waals surface area contributed by atoms with Crippen molar-refractivity contribution in [2.75, 3.05) is 18.8 Å². The van der Waals surface area contributed by atoms with Gasteiger partial charge in [-0.25, -0.2) is 13.4 Å². The lowest BCUT2D eigenvalue weighted by Crippen LogP contribution is -2.38. The number of carbonyl (C=O) groups is 1. The van der Waals surface area contributed by atoms with Gasteiger partial charge < -0.3 is 4.90 Å². The van der Waals surface area contributed by atoms with Crippen LogP contribution in [0.5, 0.6) is 0 Å². The molecule has 0 saturated carbocycles. The third-order valence-corrected chi connectivity index (χ3v) is 7.67. The Morgan fingerprint density at radius 3 is 2.27 bits per heavy atom. The Bertz CT molecular complexity index is 1090. The van der Waals surface area contributed by atoms with Gasteiger partial charge in [-0.05, 0) is 29.8 Å². The molecule has 1 saturated heterocycles. The Hall–Kier alpha value is -2.68. The Morgan fingerprint density at radius 2 is 1.60 bits per heavy atom. The van der Waals surface area contributed by atoms with E-state index < -0.39 is 16.2 Å². The molecule has 1 atom stereocenters. The van der Waals surface area contributed by atoms with E-state index in [1.54, 1.807) is 41.4 Å². The van der Waals surface area contributed by atoms with Crippen molar-refractivity contribution in [3.8, 4) is 0 Å². The van der Waals surface area contributed by atoms with Crippen LogP contribution in [-0.4, -0.2) is 47.4 Å². The number of pyridine rings is 1. The molecule has 2 aromatic carbocycles. The van der Waals surface area contributed by atoms with Crippen molar-refractivity contribution in [2.24, 2.45) is 0 Å². The molecule has 8 heteroatoms. The van der Waals surface area contributed by atoms with E-state index in [0.29, 0.717) is 6.54 Å². The highest BCUT2D eigenvalue weighted by Gasteiger charge is 2.42. The van der Waals surface area contributed by atoms with Gasteiger partial charge in [-0.3, -0.25) is 4.79 Å². The van der Waals surface area contributed by atoms with Gasteiger partial charge in [-0.2, -0.15) is 4.31 Å². The third-order valence-electron chi connectivity index (χ3n) is 4.88. The average molecular weight is 440 g/mol. The van der Waals surface area contributed by atoms with Gasteiger partial charge in [0.1, 0.15) is 6.17 Å². The summed E-state index contributed by atoms with van der Waals surface area (Å²) in [5.74, 6) is 0.0739. The number of rotatable bonds is 6. The van der Waals surface area contributed by atoms with E-state index in [4.69, 9.17) is 0 Å². The number of aromatic nitrogens is 1. The van der Waals surface area contributed by atoms with Gasteiger partial charge in [0.05, 0.1) is 15.7 Å². The normalized spacial score (nSPS) is 17.2. The summed E-state index contributed by atoms with van der Waals surface area (Å²) in [4.78, 5) is 19.2. The second-order valence-electron chi connectivity index (χ2n) is 6.76. The van der Waals surface area contributed by atoms with Crippen LogP contribution in [0.1, 0.15) is 11.7 Å². The standard InChI is InChI=1S/C22H21N3O3S2/c26-21(17-29-20-13-7-8-14-23-20)24-15-16-25(22(24)18-9-3-1-4-10-18)30(27,28)19-11-5-2-6-12-19/h1-14,22H,15-17H2. The van der Waals surface area contributed by atoms with Gasteiger partial charge >= 0.3 is 0 Å². The first-order chi connectivity index (χ1) is 14.6. The molecular formula is C22H21N3O3S2. The molecule has 6 nitrogen and oxygen atoms in total. The maximum atomic E-state index is 13.3. The molecule has 0 N–H and O–H groups in total. The summed E-state index contributed by atoms with van der Waals surface area (Å²) in [6.45, 7) is 0.587. The predicted molar refractivity (Wildman–Crippen MR) is 116 cm³/mol. The zero-order valence-electron chi connectivity index (χ0n) is 16.2. The van der Waals surface area contributed by atoms with Crippen LogP contribution in [0.2, 0.25) is 0 Å². The molecule has 1 aromatic heterocycles. The molecule has 0 radical (unpaired) electrons. The van der Waals surface area contributed by atoms with Gasteiger partial charge in [-0.15, -0.1) is 0 Å². The lowest BCUT2D eigenvalue weighted by molar-refractivity contribution is -0.130. The number of nitrogens with zero attached hydrogens (tertiary/aromatic N) is 3. The van der Waals surface area contributed by atoms with Crippen molar-refractivity contribution >= 4 is 27.7 Å². The van der Waals surface area contributed by atoms with Crippen LogP contribution in [0.15, 0.2) is 95.0 Å². The topological polar surface area (TPSA) is 70.6 Å². The van der Waals surface area contributed by atoms with Crippen LogP contribution >= 0.6 is 11.8 Å². The molecule has 4 rings (SSSR count). The fraction of sp³-hybridized carbons (Fsp3) is 0.182. The minimum absolute atomic E-state index is 0.120. The van der Waals surface area contributed by atoms with E-state index in [0.717, 1.165) is 10.6 Å². The molecule has 3 aromatic rings. The number of sulfonamides is 1. The highest BCUT2D eigenvalue weighted by atomic mass is 32.2. The smallest absolute Gasteiger partial charge is 0.245 e. The molecule has 2 heterocycles. The molecule has 1 unspecified atom stereocenters. The molecular weight excluding hydrogens is 418 g/mol. The largest absolute Gasteiger partial charge is 0.320 e. The summed E-state index contributed by atoms with van der Waals surface area (Å²) in [5.41, 5.74) is 0.769. The van der Waals surface area contributed by atoms with Gasteiger partial charge in [0, 0.05) is 19.3 Å². The maximum absolute atomic E-state index is 13.3. The highest BCUT2D eigenvalue weighted by Crippen LogP contribution is 2.35. The Kier molecular flexibility index (Phi) is 6.17. The van der Waals surface area contributed by atoms with E-state index in [9.17, 15) is 13.2 Å². The van der Waals surface area contributed by atoms with Crippen molar-refractivity contribution < 1.29 is 13.2 Å². The molecule has 1 fully saturated rings. The van der Waals surface area contributed by atoms with E-state index in [2.05, 4.69) is 4.98 Å². The minimum atomic E-state index is -3.75. The van der Waals surface area contributed by atoms with Crippen LogP contribution in [0.3, 0.4) is 0 Å². The van der Waals surface area contributed by atoms with E-state index >= 15 is 0 Å². The summed E-state index contributed by atoms with van der Waals surface area (Å²) in [7, 11) is -3.75. The molecule has 1 aliphatic rings. The number of carbonyl (C=O) groups excluding carboxylic acids is 1. The van der Waals surface area contributed by atoms with Gasteiger partial charge in [0.25, 0.3) is 0 Å². The molecule has 0 aliphatic carbocycles. The van der Waals surface area contributed by atoms with E-state index in [-0.39, 0.29) is 23.1 Å². The summed E-state index contributed by atoms with van der Waals surface area (Å²) in [5, 5.41) is 0.759. The summed E-state index contributed by atoms with van der Waals surface area (Å²) < 4.78 is 28.1. The van der Waals surface area contributed by atoms with Crippen molar-refractivity contribution in [3.63, 3.8) is 0 Å². The lowest BCUT2D eigenvalue weighted by atomic mass is 10.1. The fourth-order valence-corrected chi connectivity index (χ4v) is 5.81. The molecule has 154 valence electrons. The lowest BCUT2D eigenvalue weighted by Gasteiger charge is -2.30. The van der Waals surface area contributed by atoms with Crippen molar-refractivity contribution in [2.45, 2.75) is 16.1 Å². The summed E-state index contributed by atoms with van der Waals surface area (Å²) in [6, 6.07) is 23.2.